The summed E-state index contributed by atoms with van der Waals surface area (Å²) in [4.78, 5) is 12.2. The second-order valence-electron chi connectivity index (χ2n) is 4.59. The summed E-state index contributed by atoms with van der Waals surface area (Å²) in [5, 5.41) is 5.36. The van der Waals surface area contributed by atoms with Crippen LogP contribution >= 0.6 is 11.8 Å². The molecule has 0 radical (unpaired) electrons. The number of benzene rings is 1. The molecule has 0 fully saturated rings. The smallest absolute Gasteiger partial charge is 0.384 e. The molecule has 0 aliphatic rings. The maximum atomic E-state index is 13.0. The van der Waals surface area contributed by atoms with E-state index in [1.807, 2.05) is 13.2 Å². The number of carbonyl (C=O) groups excluding carboxylic acids is 1. The quantitative estimate of drug-likeness (QED) is 0.841. The summed E-state index contributed by atoms with van der Waals surface area (Å²) in [6.45, 7) is 3.80. The predicted octanol–water partition coefficient (Wildman–Crippen LogP) is 3.62. The van der Waals surface area contributed by atoms with Gasteiger partial charge >= 0.3 is 6.18 Å². The fraction of sp³-hybridized carbons (Fsp3) is 0.500. The number of rotatable bonds is 6. The normalized spacial score (nSPS) is 12.9. The Labute approximate surface area is 126 Å². The van der Waals surface area contributed by atoms with E-state index in [4.69, 9.17) is 0 Å². The molecule has 7 heteroatoms. The highest BCUT2D eigenvalue weighted by Gasteiger charge is 2.35. The number of nitrogens with one attached hydrogen (secondary N) is 2. The summed E-state index contributed by atoms with van der Waals surface area (Å²) in [5.41, 5.74) is -0.976. The summed E-state index contributed by atoms with van der Waals surface area (Å²) in [5.74, 6) is 0.194. The monoisotopic (exact) mass is 320 g/mol. The van der Waals surface area contributed by atoms with Crippen LogP contribution in [0.15, 0.2) is 18.2 Å². The van der Waals surface area contributed by atoms with Gasteiger partial charge in [0.05, 0.1) is 16.8 Å². The first-order valence-corrected chi connectivity index (χ1v) is 7.94. The zero-order valence-corrected chi connectivity index (χ0v) is 13.0. The third-order valence-corrected chi connectivity index (χ3v) is 3.60. The molecular formula is C14H19F3N2OS. The standard InChI is InChI=1S/C14H19F3N2OS/c1-4-18-12-10(13(20)19-9(2)8-21-3)6-5-7-11(12)14(15,16)17/h5-7,9,18H,4,8H2,1-3H3,(H,19,20). The van der Waals surface area contributed by atoms with Crippen LogP contribution in [0.5, 0.6) is 0 Å². The van der Waals surface area contributed by atoms with Crippen molar-refractivity contribution in [2.75, 3.05) is 23.9 Å². The van der Waals surface area contributed by atoms with Crippen LogP contribution in [-0.4, -0.2) is 30.5 Å². The Bertz CT molecular complexity index is 492. The van der Waals surface area contributed by atoms with Crippen molar-refractivity contribution in [1.82, 2.24) is 5.32 Å². The Balaban J connectivity index is 3.14. The average molecular weight is 320 g/mol. The summed E-state index contributed by atoms with van der Waals surface area (Å²) in [6.07, 6.45) is -2.60. The largest absolute Gasteiger partial charge is 0.418 e. The van der Waals surface area contributed by atoms with E-state index < -0.39 is 17.6 Å². The molecule has 1 rings (SSSR count). The molecule has 1 aromatic carbocycles. The molecule has 0 aliphatic carbocycles. The first-order valence-electron chi connectivity index (χ1n) is 6.55. The van der Waals surface area contributed by atoms with Crippen LogP contribution in [0, 0.1) is 0 Å². The second kappa shape index (κ2) is 7.59. The summed E-state index contributed by atoms with van der Waals surface area (Å²) >= 11 is 1.56. The number of hydrogen-bond donors (Lipinski definition) is 2. The highest BCUT2D eigenvalue weighted by molar-refractivity contribution is 7.98. The zero-order valence-electron chi connectivity index (χ0n) is 12.2. The van der Waals surface area contributed by atoms with Crippen LogP contribution in [0.4, 0.5) is 18.9 Å². The van der Waals surface area contributed by atoms with Crippen molar-refractivity contribution in [3.63, 3.8) is 0 Å². The number of halogens is 3. The van der Waals surface area contributed by atoms with E-state index in [9.17, 15) is 18.0 Å². The van der Waals surface area contributed by atoms with E-state index in [2.05, 4.69) is 10.6 Å². The van der Waals surface area contributed by atoms with Crippen molar-refractivity contribution in [1.29, 1.82) is 0 Å². The number of carbonyl (C=O) groups is 1. The molecule has 0 saturated carbocycles. The number of thioether (sulfide) groups is 1. The topological polar surface area (TPSA) is 41.1 Å². The fourth-order valence-corrected chi connectivity index (χ4v) is 2.52. The molecule has 1 unspecified atom stereocenters. The zero-order chi connectivity index (χ0) is 16.0. The molecule has 21 heavy (non-hydrogen) atoms. The average Bonchev–Trinajstić information content (AvgIpc) is 2.38. The highest BCUT2D eigenvalue weighted by atomic mass is 32.2. The minimum absolute atomic E-state index is 0.0135. The van der Waals surface area contributed by atoms with Gasteiger partial charge in [0.2, 0.25) is 0 Å². The minimum Gasteiger partial charge on any atom is -0.384 e. The third kappa shape index (κ3) is 4.84. The lowest BCUT2D eigenvalue weighted by Crippen LogP contribution is -2.35. The van der Waals surface area contributed by atoms with Crippen LogP contribution in [0.25, 0.3) is 0 Å². The van der Waals surface area contributed by atoms with Gasteiger partial charge in [-0.05, 0) is 32.2 Å². The molecular weight excluding hydrogens is 301 g/mol. The third-order valence-electron chi connectivity index (χ3n) is 2.76. The maximum Gasteiger partial charge on any atom is 0.418 e. The van der Waals surface area contributed by atoms with Gasteiger partial charge in [-0.25, -0.2) is 0 Å². The van der Waals surface area contributed by atoms with E-state index in [0.717, 1.165) is 6.07 Å². The van der Waals surface area contributed by atoms with Crippen LogP contribution < -0.4 is 10.6 Å². The van der Waals surface area contributed by atoms with Crippen LogP contribution in [0.3, 0.4) is 0 Å². The molecule has 0 aromatic heterocycles. The SMILES string of the molecule is CCNc1c(C(=O)NC(C)CSC)cccc1C(F)(F)F. The predicted molar refractivity (Wildman–Crippen MR) is 80.9 cm³/mol. The second-order valence-corrected chi connectivity index (χ2v) is 5.50. The molecule has 0 bridgehead atoms. The van der Waals surface area contributed by atoms with Crippen LogP contribution in [-0.2, 0) is 6.18 Å². The van der Waals surface area contributed by atoms with Crippen molar-refractivity contribution in [3.8, 4) is 0 Å². The minimum atomic E-state index is -4.50. The maximum absolute atomic E-state index is 13.0. The fourth-order valence-electron chi connectivity index (χ4n) is 1.94. The van der Waals surface area contributed by atoms with E-state index in [1.54, 1.807) is 18.7 Å². The van der Waals surface area contributed by atoms with Gasteiger partial charge in [-0.15, -0.1) is 0 Å². The van der Waals surface area contributed by atoms with Crippen molar-refractivity contribution >= 4 is 23.4 Å². The first kappa shape index (κ1) is 17.7. The Morgan fingerprint density at radius 3 is 2.57 bits per heavy atom. The number of amides is 1. The summed E-state index contributed by atoms with van der Waals surface area (Å²) in [7, 11) is 0. The molecule has 1 aromatic rings. The molecule has 0 spiro atoms. The molecule has 1 atom stereocenters. The highest BCUT2D eigenvalue weighted by Crippen LogP contribution is 2.36. The Morgan fingerprint density at radius 1 is 1.38 bits per heavy atom. The Morgan fingerprint density at radius 2 is 2.05 bits per heavy atom. The van der Waals surface area contributed by atoms with E-state index >= 15 is 0 Å². The van der Waals surface area contributed by atoms with Gasteiger partial charge in [0.25, 0.3) is 5.91 Å². The lowest BCUT2D eigenvalue weighted by atomic mass is 10.1. The van der Waals surface area contributed by atoms with Gasteiger partial charge in [-0.3, -0.25) is 4.79 Å². The van der Waals surface area contributed by atoms with E-state index in [-0.39, 0.29) is 17.3 Å². The van der Waals surface area contributed by atoms with Crippen molar-refractivity contribution in [2.24, 2.45) is 0 Å². The van der Waals surface area contributed by atoms with Gasteiger partial charge < -0.3 is 10.6 Å². The summed E-state index contributed by atoms with van der Waals surface area (Å²) < 4.78 is 39.1. The molecule has 2 N–H and O–H groups in total. The van der Waals surface area contributed by atoms with Gasteiger partial charge in [0, 0.05) is 18.3 Å². The Kier molecular flexibility index (Phi) is 6.39. The van der Waals surface area contributed by atoms with Crippen molar-refractivity contribution in [2.45, 2.75) is 26.1 Å². The van der Waals surface area contributed by atoms with Crippen molar-refractivity contribution < 1.29 is 18.0 Å². The molecule has 118 valence electrons. The van der Waals surface area contributed by atoms with E-state index in [0.29, 0.717) is 12.3 Å². The lowest BCUT2D eigenvalue weighted by Gasteiger charge is -2.19. The van der Waals surface area contributed by atoms with Gasteiger partial charge in [0.1, 0.15) is 0 Å². The first-order chi connectivity index (χ1) is 9.81. The number of hydrogen-bond acceptors (Lipinski definition) is 3. The van der Waals surface area contributed by atoms with Crippen LogP contribution in [0.2, 0.25) is 0 Å². The number of alkyl halides is 3. The molecule has 0 heterocycles. The molecule has 0 saturated heterocycles. The Hall–Kier alpha value is -1.37. The van der Waals surface area contributed by atoms with Gasteiger partial charge in [0.15, 0.2) is 0 Å². The van der Waals surface area contributed by atoms with Gasteiger partial charge in [-0.1, -0.05) is 6.07 Å². The summed E-state index contributed by atoms with van der Waals surface area (Å²) in [6, 6.07) is 3.50. The number of para-hydroxylation sites is 1. The van der Waals surface area contributed by atoms with Crippen molar-refractivity contribution in [3.05, 3.63) is 29.3 Å². The van der Waals surface area contributed by atoms with Crippen LogP contribution in [0.1, 0.15) is 29.8 Å². The molecule has 3 nitrogen and oxygen atoms in total. The van der Waals surface area contributed by atoms with Gasteiger partial charge in [-0.2, -0.15) is 24.9 Å². The van der Waals surface area contributed by atoms with E-state index in [1.165, 1.54) is 12.1 Å². The lowest BCUT2D eigenvalue weighted by molar-refractivity contribution is -0.137. The molecule has 0 aliphatic heterocycles. The number of anilines is 1. The molecule has 1 amide bonds.